The molecule has 4 rings (SSSR count). The third-order valence-corrected chi connectivity index (χ3v) is 5.91. The molecule has 1 saturated heterocycles. The van der Waals surface area contributed by atoms with Gasteiger partial charge in [-0.05, 0) is 30.5 Å². The Morgan fingerprint density at radius 2 is 1.97 bits per heavy atom. The number of rotatable bonds is 8. The standard InChI is InChI=1S/C24H29FN4O/c25-22-8-4-7-20(15-22)24-21(16-26-27-24)17-28-12-13-29(23(18-28)10-14-30)11-9-19-5-2-1-3-6-19/h1-8,15-16,23,30H,9-14,17-18H2,(H,26,27)/t23-/m1/s1. The summed E-state index contributed by atoms with van der Waals surface area (Å²) in [6.45, 7) is 4.80. The predicted molar refractivity (Wildman–Crippen MR) is 116 cm³/mol. The summed E-state index contributed by atoms with van der Waals surface area (Å²) in [6.07, 6.45) is 3.63. The second kappa shape index (κ2) is 9.98. The minimum Gasteiger partial charge on any atom is -0.396 e. The summed E-state index contributed by atoms with van der Waals surface area (Å²) < 4.78 is 13.6. The second-order valence-corrected chi connectivity index (χ2v) is 7.95. The number of aliphatic hydroxyl groups is 1. The number of H-pyrrole nitrogens is 1. The average Bonchev–Trinajstić information content (AvgIpc) is 3.22. The Morgan fingerprint density at radius 1 is 1.10 bits per heavy atom. The van der Waals surface area contributed by atoms with Gasteiger partial charge in [-0.15, -0.1) is 0 Å². The molecule has 2 aromatic carbocycles. The van der Waals surface area contributed by atoms with Crippen molar-refractivity contribution in [1.82, 2.24) is 20.0 Å². The van der Waals surface area contributed by atoms with E-state index in [0.717, 1.165) is 62.4 Å². The van der Waals surface area contributed by atoms with E-state index in [2.05, 4.69) is 44.3 Å². The van der Waals surface area contributed by atoms with Crippen LogP contribution in [-0.2, 0) is 13.0 Å². The maximum atomic E-state index is 13.6. The highest BCUT2D eigenvalue weighted by atomic mass is 19.1. The molecular formula is C24H29FN4O. The molecule has 158 valence electrons. The Balaban J connectivity index is 1.39. The third-order valence-electron chi connectivity index (χ3n) is 5.91. The zero-order valence-electron chi connectivity index (χ0n) is 17.2. The molecule has 2 N–H and O–H groups in total. The summed E-state index contributed by atoms with van der Waals surface area (Å²) in [7, 11) is 0. The van der Waals surface area contributed by atoms with Crippen LogP contribution in [0, 0.1) is 5.82 Å². The van der Waals surface area contributed by atoms with Crippen LogP contribution in [0.3, 0.4) is 0 Å². The first kappa shape index (κ1) is 20.7. The Morgan fingerprint density at radius 3 is 2.77 bits per heavy atom. The number of aliphatic hydroxyl groups excluding tert-OH is 1. The molecule has 0 radical (unpaired) electrons. The molecule has 0 aliphatic carbocycles. The summed E-state index contributed by atoms with van der Waals surface area (Å²) >= 11 is 0. The molecule has 30 heavy (non-hydrogen) atoms. The molecule has 6 heteroatoms. The van der Waals surface area contributed by atoms with Crippen LogP contribution in [0.5, 0.6) is 0 Å². The van der Waals surface area contributed by atoms with E-state index in [9.17, 15) is 9.50 Å². The van der Waals surface area contributed by atoms with E-state index in [1.165, 1.54) is 17.7 Å². The molecule has 0 spiro atoms. The molecule has 1 aromatic heterocycles. The van der Waals surface area contributed by atoms with Crippen molar-refractivity contribution >= 4 is 0 Å². The van der Waals surface area contributed by atoms with Crippen molar-refractivity contribution in [1.29, 1.82) is 0 Å². The Labute approximate surface area is 177 Å². The van der Waals surface area contributed by atoms with Crippen LogP contribution in [0.2, 0.25) is 0 Å². The molecule has 1 fully saturated rings. The van der Waals surface area contributed by atoms with Gasteiger partial charge in [0.05, 0.1) is 11.9 Å². The Kier molecular flexibility index (Phi) is 6.89. The molecule has 5 nitrogen and oxygen atoms in total. The maximum absolute atomic E-state index is 13.6. The fourth-order valence-electron chi connectivity index (χ4n) is 4.30. The Bertz CT molecular complexity index is 930. The number of nitrogens with zero attached hydrogens (tertiary/aromatic N) is 3. The van der Waals surface area contributed by atoms with Crippen molar-refractivity contribution in [3.05, 3.63) is 77.7 Å². The van der Waals surface area contributed by atoms with Crippen molar-refractivity contribution in [3.63, 3.8) is 0 Å². The van der Waals surface area contributed by atoms with E-state index in [0.29, 0.717) is 6.04 Å². The third kappa shape index (κ3) is 5.14. The highest BCUT2D eigenvalue weighted by Crippen LogP contribution is 2.24. The average molecular weight is 409 g/mol. The molecule has 3 aromatic rings. The summed E-state index contributed by atoms with van der Waals surface area (Å²) in [6, 6.07) is 17.5. The number of benzene rings is 2. The van der Waals surface area contributed by atoms with Gasteiger partial charge < -0.3 is 5.11 Å². The molecular weight excluding hydrogens is 379 g/mol. The Hall–Kier alpha value is -2.54. The highest BCUT2D eigenvalue weighted by molar-refractivity contribution is 5.62. The molecule has 1 aliphatic heterocycles. The molecule has 1 aliphatic rings. The van der Waals surface area contributed by atoms with Gasteiger partial charge in [0.25, 0.3) is 0 Å². The zero-order chi connectivity index (χ0) is 20.8. The number of aromatic amines is 1. The van der Waals surface area contributed by atoms with Gasteiger partial charge >= 0.3 is 0 Å². The van der Waals surface area contributed by atoms with Crippen molar-refractivity contribution in [2.75, 3.05) is 32.8 Å². The summed E-state index contributed by atoms with van der Waals surface area (Å²) in [5, 5.41) is 16.8. The number of nitrogens with one attached hydrogen (secondary N) is 1. The molecule has 2 heterocycles. The van der Waals surface area contributed by atoms with Crippen molar-refractivity contribution in [2.45, 2.75) is 25.4 Å². The second-order valence-electron chi connectivity index (χ2n) is 7.95. The van der Waals surface area contributed by atoms with Crippen LogP contribution < -0.4 is 0 Å². The topological polar surface area (TPSA) is 55.4 Å². The van der Waals surface area contributed by atoms with Gasteiger partial charge in [0.2, 0.25) is 0 Å². The summed E-state index contributed by atoms with van der Waals surface area (Å²) in [5.74, 6) is -0.247. The van der Waals surface area contributed by atoms with Crippen LogP contribution in [0.4, 0.5) is 4.39 Å². The highest BCUT2D eigenvalue weighted by Gasteiger charge is 2.27. The predicted octanol–water partition coefficient (Wildman–Crippen LogP) is 3.33. The first-order valence-electron chi connectivity index (χ1n) is 10.6. The number of aromatic nitrogens is 2. The van der Waals surface area contributed by atoms with Crippen LogP contribution >= 0.6 is 0 Å². The van der Waals surface area contributed by atoms with Crippen molar-refractivity contribution in [3.8, 4) is 11.3 Å². The lowest BCUT2D eigenvalue weighted by Crippen LogP contribution is -2.53. The fourth-order valence-corrected chi connectivity index (χ4v) is 4.30. The van der Waals surface area contributed by atoms with Crippen LogP contribution in [0.25, 0.3) is 11.3 Å². The van der Waals surface area contributed by atoms with Gasteiger partial charge in [0.15, 0.2) is 0 Å². The molecule has 0 unspecified atom stereocenters. The normalized spacial score (nSPS) is 18.0. The van der Waals surface area contributed by atoms with Gasteiger partial charge in [-0.3, -0.25) is 14.9 Å². The quantitative estimate of drug-likeness (QED) is 0.600. The van der Waals surface area contributed by atoms with Gasteiger partial charge in [-0.2, -0.15) is 5.10 Å². The zero-order valence-corrected chi connectivity index (χ0v) is 17.2. The van der Waals surface area contributed by atoms with E-state index >= 15 is 0 Å². The molecule has 1 atom stereocenters. The van der Waals surface area contributed by atoms with Crippen LogP contribution in [0.1, 0.15) is 17.5 Å². The first-order valence-corrected chi connectivity index (χ1v) is 10.6. The van der Waals surface area contributed by atoms with Crippen LogP contribution in [0.15, 0.2) is 60.8 Å². The monoisotopic (exact) mass is 408 g/mol. The number of hydrogen-bond donors (Lipinski definition) is 2. The van der Waals surface area contributed by atoms with E-state index < -0.39 is 0 Å². The lowest BCUT2D eigenvalue weighted by atomic mass is 10.0. The van der Waals surface area contributed by atoms with E-state index in [-0.39, 0.29) is 12.4 Å². The van der Waals surface area contributed by atoms with Gasteiger partial charge in [0, 0.05) is 56.5 Å². The minimum atomic E-state index is -0.247. The number of piperazine rings is 1. The van der Waals surface area contributed by atoms with Gasteiger partial charge in [-0.25, -0.2) is 4.39 Å². The lowest BCUT2D eigenvalue weighted by molar-refractivity contribution is 0.0563. The minimum absolute atomic E-state index is 0.195. The van der Waals surface area contributed by atoms with E-state index in [1.807, 2.05) is 18.3 Å². The fraction of sp³-hybridized carbons (Fsp3) is 0.375. The SMILES string of the molecule is OCC[C@@H]1CN(Cc2cn[nH]c2-c2cccc(F)c2)CCN1CCc1ccccc1. The lowest BCUT2D eigenvalue weighted by Gasteiger charge is -2.41. The van der Waals surface area contributed by atoms with E-state index in [4.69, 9.17) is 0 Å². The smallest absolute Gasteiger partial charge is 0.123 e. The van der Waals surface area contributed by atoms with Crippen LogP contribution in [-0.4, -0.2) is 63.9 Å². The van der Waals surface area contributed by atoms with Crippen molar-refractivity contribution < 1.29 is 9.50 Å². The molecule has 0 amide bonds. The van der Waals surface area contributed by atoms with Crippen molar-refractivity contribution in [2.24, 2.45) is 0 Å². The largest absolute Gasteiger partial charge is 0.396 e. The summed E-state index contributed by atoms with van der Waals surface area (Å²) in [4.78, 5) is 4.91. The maximum Gasteiger partial charge on any atom is 0.123 e. The van der Waals surface area contributed by atoms with E-state index in [1.54, 1.807) is 6.07 Å². The number of hydrogen-bond acceptors (Lipinski definition) is 4. The summed E-state index contributed by atoms with van der Waals surface area (Å²) in [5.41, 5.74) is 4.11. The molecule has 0 bridgehead atoms. The first-order chi connectivity index (χ1) is 14.7. The van der Waals surface area contributed by atoms with Gasteiger partial charge in [0.1, 0.15) is 5.82 Å². The number of halogens is 1. The molecule has 0 saturated carbocycles. The van der Waals surface area contributed by atoms with Gasteiger partial charge in [-0.1, -0.05) is 42.5 Å².